The van der Waals surface area contributed by atoms with E-state index in [1.165, 1.54) is 0 Å². The zero-order valence-electron chi connectivity index (χ0n) is 15.5. The lowest BCUT2D eigenvalue weighted by Gasteiger charge is -2.19. The first-order valence-corrected chi connectivity index (χ1v) is 10.0. The van der Waals surface area contributed by atoms with Crippen molar-refractivity contribution in [2.24, 2.45) is 4.99 Å². The van der Waals surface area contributed by atoms with Crippen molar-refractivity contribution in [3.8, 4) is 5.75 Å². The van der Waals surface area contributed by atoms with Crippen LogP contribution in [0, 0.1) is 0 Å². The number of halogens is 2. The van der Waals surface area contributed by atoms with E-state index in [4.69, 9.17) is 16.3 Å². The molecule has 3 aromatic carbocycles. The van der Waals surface area contributed by atoms with E-state index in [9.17, 15) is 4.79 Å². The molecular weight excluding hydrogens is 452 g/mol. The fourth-order valence-electron chi connectivity index (χ4n) is 3.03. The van der Waals surface area contributed by atoms with Gasteiger partial charge in [0.15, 0.2) is 0 Å². The van der Waals surface area contributed by atoms with E-state index in [-0.39, 0.29) is 5.91 Å². The maximum absolute atomic E-state index is 13.3. The number of carbonyl (C=O) groups excluding carboxylic acids is 1. The Kier molecular flexibility index (Phi) is 5.51. The number of aliphatic imine (C=N–C) groups is 1. The van der Waals surface area contributed by atoms with Crippen molar-refractivity contribution in [3.63, 3.8) is 0 Å². The van der Waals surface area contributed by atoms with Crippen molar-refractivity contribution >= 4 is 51.0 Å². The molecule has 0 aromatic heterocycles. The van der Waals surface area contributed by atoms with Crippen LogP contribution in [0.3, 0.4) is 0 Å². The van der Waals surface area contributed by atoms with Gasteiger partial charge < -0.3 is 4.74 Å². The molecule has 4 rings (SSSR count). The molecule has 0 saturated heterocycles. The van der Waals surface area contributed by atoms with Gasteiger partial charge in [-0.15, -0.1) is 0 Å². The molecule has 0 radical (unpaired) electrons. The number of carbonyl (C=O) groups is 1. The minimum absolute atomic E-state index is 0.210. The summed E-state index contributed by atoms with van der Waals surface area (Å²) in [5.41, 5.74) is 2.61. The molecule has 0 fully saturated rings. The molecule has 0 N–H and O–H groups in total. The summed E-state index contributed by atoms with van der Waals surface area (Å²) in [4.78, 5) is 19.5. The predicted octanol–water partition coefficient (Wildman–Crippen LogP) is 5.95. The van der Waals surface area contributed by atoms with Crippen LogP contribution in [0.25, 0.3) is 6.08 Å². The highest BCUT2D eigenvalue weighted by atomic mass is 79.9. The lowest BCUT2D eigenvalue weighted by Crippen LogP contribution is -2.32. The average molecular weight is 468 g/mol. The number of nitrogens with zero attached hydrogens (tertiary/aromatic N) is 2. The number of amides is 1. The van der Waals surface area contributed by atoms with Gasteiger partial charge in [-0.3, -0.25) is 9.69 Å². The van der Waals surface area contributed by atoms with Gasteiger partial charge in [-0.25, -0.2) is 4.99 Å². The molecule has 1 amide bonds. The first kappa shape index (κ1) is 19.4. The SMILES string of the molecule is COc1ccc(/C=C2/N=C(c3ccccc3Cl)N(c3ccc(Br)cc3)C2=O)cc1. The molecule has 1 aliphatic rings. The van der Waals surface area contributed by atoms with Gasteiger partial charge in [0.1, 0.15) is 17.3 Å². The summed E-state index contributed by atoms with van der Waals surface area (Å²) in [6.07, 6.45) is 1.76. The van der Waals surface area contributed by atoms with E-state index in [0.29, 0.717) is 22.1 Å². The zero-order valence-corrected chi connectivity index (χ0v) is 17.8. The summed E-state index contributed by atoms with van der Waals surface area (Å²) in [6.45, 7) is 0. The van der Waals surface area contributed by atoms with Crippen LogP contribution in [0.1, 0.15) is 11.1 Å². The number of ether oxygens (including phenoxy) is 1. The Hall–Kier alpha value is -2.89. The van der Waals surface area contributed by atoms with E-state index in [2.05, 4.69) is 20.9 Å². The maximum atomic E-state index is 13.3. The van der Waals surface area contributed by atoms with E-state index in [0.717, 1.165) is 21.5 Å². The summed E-state index contributed by atoms with van der Waals surface area (Å²) < 4.78 is 6.12. The molecular formula is C23H16BrClN2O2. The Morgan fingerprint density at radius 2 is 1.69 bits per heavy atom. The monoisotopic (exact) mass is 466 g/mol. The van der Waals surface area contributed by atoms with E-state index in [1.54, 1.807) is 24.2 Å². The quantitative estimate of drug-likeness (QED) is 0.445. The Bertz CT molecular complexity index is 1120. The maximum Gasteiger partial charge on any atom is 0.282 e. The third-order valence-corrected chi connectivity index (χ3v) is 5.34. The average Bonchev–Trinajstić information content (AvgIpc) is 3.05. The molecule has 3 aromatic rings. The molecule has 144 valence electrons. The van der Waals surface area contributed by atoms with Crippen LogP contribution in [0.4, 0.5) is 5.69 Å². The number of benzene rings is 3. The van der Waals surface area contributed by atoms with Gasteiger partial charge in [-0.2, -0.15) is 0 Å². The zero-order chi connectivity index (χ0) is 20.4. The fourth-order valence-corrected chi connectivity index (χ4v) is 3.51. The Morgan fingerprint density at radius 1 is 1.00 bits per heavy atom. The lowest BCUT2D eigenvalue weighted by molar-refractivity contribution is -0.113. The summed E-state index contributed by atoms with van der Waals surface area (Å²) >= 11 is 9.84. The minimum atomic E-state index is -0.210. The number of amidine groups is 1. The van der Waals surface area contributed by atoms with Crippen molar-refractivity contribution in [1.29, 1.82) is 0 Å². The third-order valence-electron chi connectivity index (χ3n) is 4.48. The molecule has 4 nitrogen and oxygen atoms in total. The van der Waals surface area contributed by atoms with Gasteiger partial charge in [-0.1, -0.05) is 51.8 Å². The van der Waals surface area contributed by atoms with Gasteiger partial charge in [0.05, 0.1) is 17.8 Å². The number of anilines is 1. The highest BCUT2D eigenvalue weighted by Crippen LogP contribution is 2.31. The normalized spacial score (nSPS) is 15.0. The molecule has 0 aliphatic carbocycles. The van der Waals surface area contributed by atoms with Crippen molar-refractivity contribution in [1.82, 2.24) is 0 Å². The second-order valence-corrected chi connectivity index (χ2v) is 7.66. The molecule has 1 aliphatic heterocycles. The van der Waals surface area contributed by atoms with Crippen LogP contribution >= 0.6 is 27.5 Å². The Labute approximate surface area is 182 Å². The third kappa shape index (κ3) is 3.97. The largest absolute Gasteiger partial charge is 0.497 e. The van der Waals surface area contributed by atoms with Crippen LogP contribution in [0.5, 0.6) is 5.75 Å². The van der Waals surface area contributed by atoms with E-state index >= 15 is 0 Å². The molecule has 0 unspecified atom stereocenters. The Morgan fingerprint density at radius 3 is 2.34 bits per heavy atom. The molecule has 29 heavy (non-hydrogen) atoms. The van der Waals surface area contributed by atoms with Gasteiger partial charge in [0, 0.05) is 10.0 Å². The standard InChI is InChI=1S/C23H16BrClN2O2/c1-29-18-12-6-15(7-13-18)14-21-23(28)27(17-10-8-16(24)9-11-17)22(26-21)19-4-2-3-5-20(19)25/h2-14H,1H3/b21-14+. The number of hydrogen-bond donors (Lipinski definition) is 0. The first-order valence-electron chi connectivity index (χ1n) is 8.86. The lowest BCUT2D eigenvalue weighted by atomic mass is 10.1. The topological polar surface area (TPSA) is 41.9 Å². The van der Waals surface area contributed by atoms with Crippen molar-refractivity contribution < 1.29 is 9.53 Å². The van der Waals surface area contributed by atoms with Crippen LogP contribution < -0.4 is 9.64 Å². The van der Waals surface area contributed by atoms with Gasteiger partial charge in [0.25, 0.3) is 5.91 Å². The van der Waals surface area contributed by atoms with Gasteiger partial charge in [0.2, 0.25) is 0 Å². The van der Waals surface area contributed by atoms with Crippen LogP contribution in [0.15, 0.2) is 88.0 Å². The summed E-state index contributed by atoms with van der Waals surface area (Å²) in [5, 5.41) is 0.534. The van der Waals surface area contributed by atoms with Crippen molar-refractivity contribution in [2.45, 2.75) is 0 Å². The molecule has 1 heterocycles. The summed E-state index contributed by atoms with van der Waals surface area (Å²) in [5.74, 6) is 1.04. The first-order chi connectivity index (χ1) is 14.1. The number of methoxy groups -OCH3 is 1. The number of hydrogen-bond acceptors (Lipinski definition) is 3. The van der Waals surface area contributed by atoms with Gasteiger partial charge in [-0.05, 0) is 60.2 Å². The number of rotatable bonds is 4. The van der Waals surface area contributed by atoms with Crippen LogP contribution in [-0.4, -0.2) is 18.9 Å². The summed E-state index contributed by atoms with van der Waals surface area (Å²) in [7, 11) is 1.62. The molecule has 0 saturated carbocycles. The highest BCUT2D eigenvalue weighted by Gasteiger charge is 2.33. The molecule has 0 atom stereocenters. The summed E-state index contributed by atoms with van der Waals surface area (Å²) in [6, 6.07) is 22.3. The molecule has 0 bridgehead atoms. The second-order valence-electron chi connectivity index (χ2n) is 6.33. The fraction of sp³-hybridized carbons (Fsp3) is 0.0435. The predicted molar refractivity (Wildman–Crippen MR) is 121 cm³/mol. The molecule has 0 spiro atoms. The van der Waals surface area contributed by atoms with Crippen LogP contribution in [0.2, 0.25) is 5.02 Å². The van der Waals surface area contributed by atoms with Gasteiger partial charge >= 0.3 is 0 Å². The minimum Gasteiger partial charge on any atom is -0.497 e. The van der Waals surface area contributed by atoms with Crippen molar-refractivity contribution in [2.75, 3.05) is 12.0 Å². The molecule has 6 heteroatoms. The smallest absolute Gasteiger partial charge is 0.282 e. The highest BCUT2D eigenvalue weighted by molar-refractivity contribution is 9.10. The van der Waals surface area contributed by atoms with Crippen LogP contribution in [-0.2, 0) is 4.79 Å². The Balaban J connectivity index is 1.81. The van der Waals surface area contributed by atoms with Crippen molar-refractivity contribution in [3.05, 3.63) is 99.1 Å². The van der Waals surface area contributed by atoms with E-state index < -0.39 is 0 Å². The van der Waals surface area contributed by atoms with E-state index in [1.807, 2.05) is 66.7 Å². The second kappa shape index (κ2) is 8.23.